The second-order valence-electron chi connectivity index (χ2n) is 23.4. The van der Waals surface area contributed by atoms with Gasteiger partial charge in [0.2, 0.25) is 11.5 Å². The fourth-order valence-electron chi connectivity index (χ4n) is 9.17. The summed E-state index contributed by atoms with van der Waals surface area (Å²) < 4.78 is 273. The normalized spacial score (nSPS) is 11.8. The van der Waals surface area contributed by atoms with Crippen LogP contribution in [0.4, 0.5) is 96.1 Å². The van der Waals surface area contributed by atoms with Crippen LogP contribution < -0.4 is 50.2 Å². The highest BCUT2D eigenvalue weighted by molar-refractivity contribution is 8.24. The maximum Gasteiger partial charge on any atom is 0.438 e. The molecule has 52 heteroatoms. The first-order valence-corrected chi connectivity index (χ1v) is 39.3. The minimum atomic E-state index is -4.77. The minimum absolute atomic E-state index is 0. The number of fused-ring (bicyclic) bond motifs is 6. The molecular weight excluding hydrogens is 1900 g/mol. The van der Waals surface area contributed by atoms with E-state index in [2.05, 4.69) is 93.3 Å². The predicted octanol–water partition coefficient (Wildman–Crippen LogP) is 22.1. The number of ketones is 2. The Hall–Kier alpha value is -11.3. The van der Waals surface area contributed by atoms with Crippen molar-refractivity contribution in [3.8, 4) is 40.2 Å². The van der Waals surface area contributed by atoms with Crippen molar-refractivity contribution < 1.29 is 136 Å². The van der Waals surface area contributed by atoms with Crippen LogP contribution in [0.1, 0.15) is 55.3 Å². The van der Waals surface area contributed by atoms with Gasteiger partial charge in [0.15, 0.2) is 54.9 Å². The third-order valence-corrected chi connectivity index (χ3v) is 15.9. The molecule has 13 rings (SSSR count). The molecule has 7 aromatic carbocycles. The van der Waals surface area contributed by atoms with E-state index in [9.17, 15) is 103 Å². The first-order valence-electron chi connectivity index (χ1n) is 33.3. The number of hydrogen-bond donors (Lipinski definition) is 3. The highest BCUT2D eigenvalue weighted by Gasteiger charge is 2.44. The fraction of sp³-hybridized carbons (Fsp3) is 0.243. The molecular formula is C74H61Cl7F18N13O13P. The number of aromatic nitrogens is 10. The number of nitrogens with zero attached hydrogens (tertiary/aromatic N) is 10. The van der Waals surface area contributed by atoms with Crippen molar-refractivity contribution in [3.63, 3.8) is 0 Å². The monoisotopic (exact) mass is 1960 g/mol. The van der Waals surface area contributed by atoms with Crippen LogP contribution in [0.15, 0.2) is 137 Å². The summed E-state index contributed by atoms with van der Waals surface area (Å²) in [5, 5.41) is -5.87. The van der Waals surface area contributed by atoms with Gasteiger partial charge in [0.1, 0.15) is 40.2 Å². The van der Waals surface area contributed by atoms with E-state index in [0.717, 1.165) is 5.75 Å². The number of alkyl halides is 18. The topological polar surface area (TPSA) is 355 Å². The Balaban J connectivity index is 0.000000302. The third kappa shape index (κ3) is 32.3. The second-order valence-corrected chi connectivity index (χ2v) is 31.5. The summed E-state index contributed by atoms with van der Waals surface area (Å²) in [6.45, 7) is 3.09. The molecule has 0 unspecified atom stereocenters. The number of anilines is 2. The molecule has 0 aliphatic carbocycles. The maximum absolute atomic E-state index is 12.5. The van der Waals surface area contributed by atoms with Crippen molar-refractivity contribution >= 4 is 181 Å². The molecule has 26 nitrogen and oxygen atoms in total. The number of nitrogens with one attached hydrogen (secondary N) is 1. The number of aliphatic imine (C=N–C) groups is 1. The number of ether oxygens (including phenoxy) is 8. The molecule has 12 aromatic rings. The number of carbonyl (C=O) groups is 3. The lowest BCUT2D eigenvalue weighted by atomic mass is 10.00. The maximum atomic E-state index is 12.5. The van der Waals surface area contributed by atoms with E-state index in [1.165, 1.54) is 147 Å². The average Bonchev–Trinajstić information content (AvgIpc) is 0.819. The van der Waals surface area contributed by atoms with Crippen LogP contribution in [0.2, 0.25) is 20.6 Å². The smallest absolute Gasteiger partial charge is 0.438 e. The molecule has 0 fully saturated rings. The van der Waals surface area contributed by atoms with Gasteiger partial charge in [0, 0.05) is 49.7 Å². The van der Waals surface area contributed by atoms with E-state index in [-0.39, 0.29) is 81.3 Å². The lowest BCUT2D eigenvalue weighted by molar-refractivity contribution is -0.152. The van der Waals surface area contributed by atoms with Crippen molar-refractivity contribution in [2.45, 2.75) is 64.8 Å². The predicted molar refractivity (Wildman–Crippen MR) is 434 cm³/mol. The van der Waals surface area contributed by atoms with E-state index in [4.69, 9.17) is 91.0 Å². The number of methoxy groups -OCH3 is 7. The third-order valence-electron chi connectivity index (χ3n) is 14.8. The molecule has 0 atom stereocenters. The number of rotatable bonds is 9. The van der Waals surface area contributed by atoms with Gasteiger partial charge >= 0.3 is 48.2 Å². The van der Waals surface area contributed by atoms with E-state index in [1.54, 1.807) is 44.4 Å². The van der Waals surface area contributed by atoms with Crippen LogP contribution in [-0.4, -0.2) is 136 Å². The second kappa shape index (κ2) is 45.7. The van der Waals surface area contributed by atoms with Crippen LogP contribution in [0.5, 0.6) is 40.2 Å². The number of esters is 1. The molecule has 0 amide bonds. The van der Waals surface area contributed by atoms with Gasteiger partial charge in [0.25, 0.3) is 5.56 Å². The van der Waals surface area contributed by atoms with Gasteiger partial charge in [-0.3, -0.25) is 18.9 Å². The van der Waals surface area contributed by atoms with Gasteiger partial charge in [0.05, 0.1) is 129 Å². The van der Waals surface area contributed by atoms with Crippen molar-refractivity contribution in [2.24, 2.45) is 4.99 Å². The summed E-state index contributed by atoms with van der Waals surface area (Å²) in [5.41, 5.74) is 5.61. The number of Topliss-reactive ketones (excluding diaryl/α,β-unsaturated/α-hetero) is 2. The molecule has 6 heterocycles. The molecule has 1 aliphatic rings. The Labute approximate surface area is 732 Å². The SMILES string of the molecule is C.CCOC(=O)C(C)=O.COc1ccc(N)c(N)c1.COc1ccc2[nH]c(=O)c(C(F)(F)F)nc2c1.COc1ccc2c(c1)CC(=O)C(C(F)(F)F)=N2.COc1ccc2nc(C(F)(F)F)c(Cl)nc2c1.COc1ccc2nc(C(F)(F)F)c(Cl)nc2c1.COc1ccc2nc(Cl)c(C(F)(F)F)nc2c1.COc1ccc2nc(Cl)c(C(F)(F)F)nc2c1.O=P(Cl)(Cl)Cl. The molecule has 680 valence electrons. The van der Waals surface area contributed by atoms with Crippen molar-refractivity contribution in [1.82, 2.24) is 49.8 Å². The summed E-state index contributed by atoms with van der Waals surface area (Å²) in [6.07, 6.45) is -28.2. The molecule has 0 radical (unpaired) electrons. The van der Waals surface area contributed by atoms with Crippen molar-refractivity contribution in [1.29, 1.82) is 0 Å². The molecule has 0 spiro atoms. The lowest BCUT2D eigenvalue weighted by Gasteiger charge is -2.16. The number of carbonyl (C=O) groups excluding carboxylic acids is 3. The van der Waals surface area contributed by atoms with Gasteiger partial charge in [-0.1, -0.05) is 53.8 Å². The van der Waals surface area contributed by atoms with Gasteiger partial charge in [-0.15, -0.1) is 0 Å². The average molecular weight is 1960 g/mol. The first-order chi connectivity index (χ1) is 57.9. The zero-order valence-corrected chi connectivity index (χ0v) is 70.6. The summed E-state index contributed by atoms with van der Waals surface area (Å²) in [6, 6.07) is 31.5. The van der Waals surface area contributed by atoms with Gasteiger partial charge in [-0.05, 0) is 137 Å². The Bertz CT molecular complexity index is 5790. The number of H-pyrrole nitrogens is 1. The van der Waals surface area contributed by atoms with Crippen molar-refractivity contribution in [3.05, 3.63) is 192 Å². The Morgan fingerprint density at radius 2 is 0.675 bits per heavy atom. The van der Waals surface area contributed by atoms with Crippen LogP contribution in [-0.2, 0) is 61.0 Å². The van der Waals surface area contributed by atoms with Crippen LogP contribution in [0.25, 0.3) is 55.2 Å². The number of hydrogen-bond acceptors (Lipinski definition) is 25. The highest BCUT2D eigenvalue weighted by Crippen LogP contribution is 2.61. The largest absolute Gasteiger partial charge is 0.497 e. The minimum Gasteiger partial charge on any atom is -0.497 e. The summed E-state index contributed by atoms with van der Waals surface area (Å²) >= 11 is 35.6. The van der Waals surface area contributed by atoms with Crippen LogP contribution >= 0.6 is 85.3 Å². The summed E-state index contributed by atoms with van der Waals surface area (Å²) in [5.74, 6) is 1.02. The number of benzene rings is 7. The van der Waals surface area contributed by atoms with E-state index in [0.29, 0.717) is 51.4 Å². The fourth-order valence-corrected chi connectivity index (χ4v) is 10.1. The molecule has 5 N–H and O–H groups in total. The Kier molecular flexibility index (Phi) is 38.9. The van der Waals surface area contributed by atoms with E-state index >= 15 is 0 Å². The van der Waals surface area contributed by atoms with Gasteiger partial charge in [-0.2, -0.15) is 79.0 Å². The Morgan fingerprint density at radius 1 is 0.397 bits per heavy atom. The van der Waals surface area contributed by atoms with Crippen molar-refractivity contribution in [2.75, 3.05) is 67.8 Å². The molecule has 1 aliphatic heterocycles. The number of halogens is 25. The van der Waals surface area contributed by atoms with E-state index in [1.807, 2.05) is 0 Å². The standard InChI is InChI=1S/C11H8F3NO2.4C10H6ClF3N2O.C10H7F3N2O2.C7H10N2O.C5H8O3.CH4.Cl3OP/c1-17-7-2-3-8-6(4-7)5-9(16)10(15-8)11(12,13)14;2*1-17-5-2-3-6-7(4-5)15-8(9(11)16-6)10(12,13)14;2*1-17-5-2-3-6-7(4-5)16-9(11)8(15-6)10(12,13)14;1-17-5-2-3-6-7(4-5)14-8(9(16)15-6)10(11,12)13;1-10-5-2-3-6(8)7(9)4-5;1-3-8-5(7)4(2)6;;1-5(2,3)4/h2-4H,5H2,1H3;4*2-4H,1H3;2-4H,1H3,(H,15,16);2-4H,8-9H2,1H3;3H2,1-2H3;1H4;. The zero-order valence-electron chi connectivity index (χ0n) is 64.4. The number of aromatic amines is 1. The van der Waals surface area contributed by atoms with Crippen LogP contribution in [0.3, 0.4) is 0 Å². The molecule has 0 saturated carbocycles. The van der Waals surface area contributed by atoms with E-state index < -0.39 is 120 Å². The highest BCUT2D eigenvalue weighted by atomic mass is 36.0. The molecule has 0 saturated heterocycles. The van der Waals surface area contributed by atoms with Crippen LogP contribution in [0, 0.1) is 0 Å². The number of nitrogen functional groups attached to an aromatic ring is 2. The molecule has 5 aromatic heterocycles. The molecule has 0 bridgehead atoms. The first kappa shape index (κ1) is 107. The summed E-state index contributed by atoms with van der Waals surface area (Å²) in [7, 11) is 10.1. The Morgan fingerprint density at radius 3 is 0.984 bits per heavy atom. The lowest BCUT2D eigenvalue weighted by Crippen LogP contribution is -2.33. The van der Waals surface area contributed by atoms with Gasteiger partial charge in [-0.25, -0.2) is 54.6 Å². The molecule has 126 heavy (non-hydrogen) atoms. The summed E-state index contributed by atoms with van der Waals surface area (Å²) in [4.78, 5) is 79.9. The zero-order chi connectivity index (χ0) is 94.4. The van der Waals surface area contributed by atoms with Gasteiger partial charge < -0.3 is 54.3 Å². The number of nitrogens with two attached hydrogens (primary N) is 2. The quantitative estimate of drug-likeness (QED) is 0.0397.